The van der Waals surface area contributed by atoms with E-state index >= 15 is 0 Å². The van der Waals surface area contributed by atoms with Gasteiger partial charge in [-0.2, -0.15) is 0 Å². The van der Waals surface area contributed by atoms with Crippen LogP contribution in [0.5, 0.6) is 0 Å². The Bertz CT molecular complexity index is 2600. The SMILES string of the molecule is CC1=C(C)SC(=CC(=C2SC(C)=C(C)S2)c2ccc(C(=C3SC(C)=C(C)S3)c3ccc(C(=C4SC(C)=C(C)S4)c4ccc(C(C=C5SC(C)=C(C)S5)=C5SC(C)=C(C)S5)s4)s3)s2)S1. The van der Waals surface area contributed by atoms with E-state index in [1.165, 1.54) is 136 Å². The molecule has 0 bridgehead atoms. The summed E-state index contributed by atoms with van der Waals surface area (Å²) in [4.78, 5) is 24.9. The van der Waals surface area contributed by atoms with Crippen molar-refractivity contribution in [2.24, 2.45) is 0 Å². The van der Waals surface area contributed by atoms with Crippen LogP contribution in [0.4, 0.5) is 0 Å². The summed E-state index contributed by atoms with van der Waals surface area (Å²) in [5.74, 6) is 0. The first-order valence-corrected chi connectivity index (χ1v) is 32.3. The largest absolute Gasteiger partial charge is 0.135 e. The van der Waals surface area contributed by atoms with Crippen molar-refractivity contribution >= 4 is 197 Å². The van der Waals surface area contributed by atoms with E-state index in [2.05, 4.69) is 132 Å². The van der Waals surface area contributed by atoms with E-state index in [1.807, 2.05) is 175 Å². The molecule has 6 aliphatic heterocycles. The van der Waals surface area contributed by atoms with Gasteiger partial charge in [0.15, 0.2) is 0 Å². The molecule has 0 amide bonds. The van der Waals surface area contributed by atoms with Gasteiger partial charge in [0.25, 0.3) is 0 Å². The summed E-state index contributed by atoms with van der Waals surface area (Å²) >= 11 is 29.1. The molecule has 3 aromatic rings. The van der Waals surface area contributed by atoms with Crippen LogP contribution in [0.3, 0.4) is 0 Å². The summed E-state index contributed by atoms with van der Waals surface area (Å²) < 4.78 is 8.29. The summed E-state index contributed by atoms with van der Waals surface area (Å²) in [6, 6.07) is 14.4. The van der Waals surface area contributed by atoms with Crippen LogP contribution in [0, 0.1) is 0 Å². The fourth-order valence-electron chi connectivity index (χ4n) is 6.43. The van der Waals surface area contributed by atoms with E-state index in [-0.39, 0.29) is 0 Å². The lowest BCUT2D eigenvalue weighted by atomic mass is 10.1. The highest BCUT2D eigenvalue weighted by Gasteiger charge is 2.30. The van der Waals surface area contributed by atoms with Gasteiger partial charge in [-0.3, -0.25) is 0 Å². The van der Waals surface area contributed by atoms with Crippen LogP contribution in [0.1, 0.15) is 112 Å². The van der Waals surface area contributed by atoms with Gasteiger partial charge in [0, 0.05) is 60.0 Å². The minimum Gasteiger partial charge on any atom is -0.135 e. The van der Waals surface area contributed by atoms with Crippen LogP contribution in [-0.4, -0.2) is 0 Å². The zero-order chi connectivity index (χ0) is 44.4. The Morgan fingerprint density at radius 1 is 0.270 bits per heavy atom. The Kier molecular flexibility index (Phi) is 15.5. The van der Waals surface area contributed by atoms with E-state index in [4.69, 9.17) is 0 Å². The van der Waals surface area contributed by atoms with Crippen LogP contribution >= 0.6 is 175 Å². The van der Waals surface area contributed by atoms with E-state index in [1.54, 1.807) is 0 Å². The molecule has 0 N–H and O–H groups in total. The van der Waals surface area contributed by atoms with E-state index < -0.39 is 0 Å². The third-order valence-electron chi connectivity index (χ3n) is 10.7. The third kappa shape index (κ3) is 10.4. The number of thioether (sulfide) groups is 12. The molecule has 0 spiro atoms. The van der Waals surface area contributed by atoms with Gasteiger partial charge in [0.1, 0.15) is 0 Å². The van der Waals surface area contributed by atoms with Crippen LogP contribution < -0.4 is 0 Å². The van der Waals surface area contributed by atoms with E-state index in [0.717, 1.165) is 0 Å². The lowest BCUT2D eigenvalue weighted by molar-refractivity contribution is 1.57. The summed E-state index contributed by atoms with van der Waals surface area (Å²) in [7, 11) is 0. The molecule has 63 heavy (non-hydrogen) atoms. The molecular formula is C48H44S15. The first-order valence-electron chi connectivity index (χ1n) is 20.0. The van der Waals surface area contributed by atoms with Gasteiger partial charge in [-0.05, 0) is 190 Å². The zero-order valence-electron chi connectivity index (χ0n) is 36.7. The average Bonchev–Trinajstić information content (AvgIpc) is 4.10. The van der Waals surface area contributed by atoms with Gasteiger partial charge >= 0.3 is 0 Å². The van der Waals surface area contributed by atoms with Gasteiger partial charge in [0.2, 0.25) is 0 Å². The molecular weight excluding hydrogens is 1060 g/mol. The Labute approximate surface area is 437 Å². The van der Waals surface area contributed by atoms with Crippen LogP contribution in [0.15, 0.2) is 133 Å². The number of hydrogen-bond acceptors (Lipinski definition) is 15. The molecule has 326 valence electrons. The molecule has 0 atom stereocenters. The van der Waals surface area contributed by atoms with Crippen molar-refractivity contribution in [2.45, 2.75) is 83.1 Å². The van der Waals surface area contributed by atoms with Crippen LogP contribution in [0.2, 0.25) is 0 Å². The summed E-state index contributed by atoms with van der Waals surface area (Å²) in [5.41, 5.74) is 5.44. The van der Waals surface area contributed by atoms with Crippen molar-refractivity contribution in [3.05, 3.63) is 162 Å². The molecule has 0 aliphatic carbocycles. The van der Waals surface area contributed by atoms with Gasteiger partial charge < -0.3 is 0 Å². The van der Waals surface area contributed by atoms with Crippen molar-refractivity contribution in [1.82, 2.24) is 0 Å². The van der Waals surface area contributed by atoms with Crippen molar-refractivity contribution in [1.29, 1.82) is 0 Å². The predicted octanol–water partition coefficient (Wildman–Crippen LogP) is 22.7. The monoisotopic (exact) mass is 1100 g/mol. The average molecular weight is 1100 g/mol. The highest BCUT2D eigenvalue weighted by molar-refractivity contribution is 8.31. The van der Waals surface area contributed by atoms with Crippen molar-refractivity contribution in [3.8, 4) is 0 Å². The maximum atomic E-state index is 2.46. The lowest BCUT2D eigenvalue weighted by Gasteiger charge is -2.10. The predicted molar refractivity (Wildman–Crippen MR) is 316 cm³/mol. The molecule has 0 nitrogen and oxygen atoms in total. The second-order valence-electron chi connectivity index (χ2n) is 15.0. The molecule has 0 saturated heterocycles. The topological polar surface area (TPSA) is 0 Å². The van der Waals surface area contributed by atoms with Gasteiger partial charge in [0.05, 0.1) is 16.9 Å². The highest BCUT2D eigenvalue weighted by atomic mass is 32.2. The number of thiophene rings is 3. The first-order chi connectivity index (χ1) is 30.1. The minimum atomic E-state index is 1.33. The van der Waals surface area contributed by atoms with E-state index in [9.17, 15) is 0 Å². The third-order valence-corrected chi connectivity index (χ3v) is 29.6. The molecule has 6 aliphatic rings. The minimum absolute atomic E-state index is 1.33. The summed E-state index contributed by atoms with van der Waals surface area (Å²) in [5, 5.41) is 0. The normalized spacial score (nSPS) is 19.7. The molecule has 0 unspecified atom stereocenters. The Balaban J connectivity index is 1.12. The maximum absolute atomic E-state index is 2.46. The number of allylic oxidation sites excluding steroid dienone is 16. The lowest BCUT2D eigenvalue weighted by Crippen LogP contribution is -1.84. The number of hydrogen-bond donors (Lipinski definition) is 0. The smallest absolute Gasteiger partial charge is 0.0593 e. The fraction of sp³-hybridized carbons (Fsp3) is 0.250. The van der Waals surface area contributed by atoms with Crippen molar-refractivity contribution in [3.63, 3.8) is 0 Å². The summed E-state index contributed by atoms with van der Waals surface area (Å²) in [6.07, 6.45) is 4.93. The van der Waals surface area contributed by atoms with Gasteiger partial charge in [-0.25, -0.2) is 0 Å². The zero-order valence-corrected chi connectivity index (χ0v) is 49.0. The quantitative estimate of drug-likeness (QED) is 0.211. The van der Waals surface area contributed by atoms with E-state index in [0.29, 0.717) is 0 Å². The fourth-order valence-corrected chi connectivity index (χ4v) is 25.9. The van der Waals surface area contributed by atoms with Crippen molar-refractivity contribution < 1.29 is 0 Å². The molecule has 3 aromatic heterocycles. The molecule has 9 rings (SSSR count). The Morgan fingerprint density at radius 3 is 0.746 bits per heavy atom. The molecule has 0 saturated carbocycles. The Hall–Kier alpha value is 0.180. The second-order valence-corrected chi connectivity index (χ2v) is 34.7. The first kappa shape index (κ1) is 48.2. The van der Waals surface area contributed by atoms with Crippen LogP contribution in [-0.2, 0) is 0 Å². The van der Waals surface area contributed by atoms with Gasteiger partial charge in [-0.15, -0.1) is 34.0 Å². The molecule has 0 radical (unpaired) electrons. The second kappa shape index (κ2) is 20.3. The maximum Gasteiger partial charge on any atom is 0.0593 e. The standard InChI is InChI=1S/C48H44S15/c1-21-22(2)50-41(49-21)19-33(45-53-25(5)26(6)54-45)35-13-15-37(61-35)43(47-57-29(9)30(10)58-47)39-17-18-40(63-39)44(48-59-31(11)32(12)60-48)38-16-14-36(62-38)34(46-55-27(7)28(8)56-46)20-42-51-23(3)24(4)52-42/h13-20H,1-12H3. The molecule has 0 fully saturated rings. The molecule has 9 heterocycles. The van der Waals surface area contributed by atoms with Crippen molar-refractivity contribution in [2.75, 3.05) is 0 Å². The van der Waals surface area contributed by atoms with Gasteiger partial charge in [-0.1, -0.05) is 141 Å². The Morgan fingerprint density at radius 2 is 0.476 bits per heavy atom. The molecule has 0 aromatic carbocycles. The highest BCUT2D eigenvalue weighted by Crippen LogP contribution is 2.60. The molecule has 15 heteroatoms. The summed E-state index contributed by atoms with van der Waals surface area (Å²) in [6.45, 7) is 27.2. The van der Waals surface area contributed by atoms with Crippen LogP contribution in [0.25, 0.3) is 22.3 Å². The number of rotatable bonds is 8.